The number of carbonyl (C=O) groups excluding carboxylic acids is 2. The van der Waals surface area contributed by atoms with Crippen molar-refractivity contribution in [3.05, 3.63) is 28.0 Å². The molecule has 1 fully saturated rings. The van der Waals surface area contributed by atoms with E-state index in [0.29, 0.717) is 23.2 Å². The molecule has 0 unspecified atom stereocenters. The Balaban J connectivity index is 1.94. The van der Waals surface area contributed by atoms with Gasteiger partial charge in [0, 0.05) is 23.5 Å². The van der Waals surface area contributed by atoms with Crippen LogP contribution in [-0.2, 0) is 4.79 Å². The van der Waals surface area contributed by atoms with Crippen LogP contribution in [0.4, 0.5) is 10.1 Å². The number of anilines is 1. The molecule has 0 radical (unpaired) electrons. The van der Waals surface area contributed by atoms with E-state index in [9.17, 15) is 14.0 Å². The molecule has 0 heterocycles. The fourth-order valence-corrected chi connectivity index (χ4v) is 2.27. The first kappa shape index (κ1) is 14.8. The zero-order valence-electron chi connectivity index (χ0n) is 10.7. The van der Waals surface area contributed by atoms with Gasteiger partial charge in [-0.3, -0.25) is 9.59 Å². The number of amides is 2. The highest BCUT2D eigenvalue weighted by Gasteiger charge is 2.29. The second-order valence-corrected chi connectivity index (χ2v) is 5.58. The van der Waals surface area contributed by atoms with Crippen molar-refractivity contribution in [2.24, 2.45) is 11.7 Å². The number of benzene rings is 1. The smallest absolute Gasteiger partial charge is 0.253 e. The molecule has 1 aromatic carbocycles. The molecule has 7 heteroatoms. The molecule has 5 nitrogen and oxygen atoms in total. The lowest BCUT2D eigenvalue weighted by Crippen LogP contribution is -2.30. The quantitative estimate of drug-likeness (QED) is 0.686. The highest BCUT2D eigenvalue weighted by atomic mass is 79.9. The van der Waals surface area contributed by atoms with Crippen molar-refractivity contribution in [2.45, 2.75) is 12.8 Å². The van der Waals surface area contributed by atoms with Crippen molar-refractivity contribution in [2.75, 3.05) is 18.4 Å². The molecular formula is C13H15BrFN3O2. The third-order valence-electron chi connectivity index (χ3n) is 2.99. The van der Waals surface area contributed by atoms with Crippen LogP contribution in [0.1, 0.15) is 23.2 Å². The Kier molecular flexibility index (Phi) is 4.59. The Morgan fingerprint density at radius 1 is 1.35 bits per heavy atom. The number of carbonyl (C=O) groups is 2. The molecule has 20 heavy (non-hydrogen) atoms. The largest absolute Gasteiger partial charge is 0.383 e. The second-order valence-electron chi connectivity index (χ2n) is 4.67. The molecule has 0 aliphatic heterocycles. The van der Waals surface area contributed by atoms with Gasteiger partial charge in [0.1, 0.15) is 5.82 Å². The third kappa shape index (κ3) is 3.69. The van der Waals surface area contributed by atoms with Gasteiger partial charge in [-0.15, -0.1) is 0 Å². The van der Waals surface area contributed by atoms with Gasteiger partial charge in [0.15, 0.2) is 0 Å². The van der Waals surface area contributed by atoms with E-state index >= 15 is 0 Å². The van der Waals surface area contributed by atoms with E-state index in [0.717, 1.165) is 12.8 Å². The lowest BCUT2D eigenvalue weighted by atomic mass is 10.1. The van der Waals surface area contributed by atoms with Crippen molar-refractivity contribution in [1.29, 1.82) is 0 Å². The van der Waals surface area contributed by atoms with Crippen LogP contribution in [0.5, 0.6) is 0 Å². The Labute approximate surface area is 124 Å². The molecule has 4 N–H and O–H groups in total. The summed E-state index contributed by atoms with van der Waals surface area (Å²) >= 11 is 3.15. The van der Waals surface area contributed by atoms with Gasteiger partial charge in [0.05, 0.1) is 11.3 Å². The van der Waals surface area contributed by atoms with Gasteiger partial charge >= 0.3 is 0 Å². The molecule has 0 spiro atoms. The van der Waals surface area contributed by atoms with Gasteiger partial charge in [0.2, 0.25) is 5.91 Å². The average Bonchev–Trinajstić information content (AvgIpc) is 3.16. The minimum atomic E-state index is -0.834. The van der Waals surface area contributed by atoms with Crippen molar-refractivity contribution in [3.63, 3.8) is 0 Å². The first-order chi connectivity index (χ1) is 9.49. The van der Waals surface area contributed by atoms with Crippen molar-refractivity contribution in [1.82, 2.24) is 5.32 Å². The van der Waals surface area contributed by atoms with Crippen LogP contribution in [-0.4, -0.2) is 24.9 Å². The minimum Gasteiger partial charge on any atom is -0.383 e. The highest BCUT2D eigenvalue weighted by Crippen LogP contribution is 2.28. The predicted molar refractivity (Wildman–Crippen MR) is 76.8 cm³/mol. The lowest BCUT2D eigenvalue weighted by molar-refractivity contribution is -0.122. The molecule has 0 aromatic heterocycles. The lowest BCUT2D eigenvalue weighted by Gasteiger charge is -2.12. The molecule has 108 valence electrons. The van der Waals surface area contributed by atoms with E-state index in [1.807, 2.05) is 0 Å². The third-order valence-corrected chi connectivity index (χ3v) is 3.45. The van der Waals surface area contributed by atoms with Gasteiger partial charge in [-0.05, 0) is 25.0 Å². The fraction of sp³-hybridized carbons (Fsp3) is 0.385. The maximum absolute atomic E-state index is 13.7. The summed E-state index contributed by atoms with van der Waals surface area (Å²) in [6.45, 7) is 0.788. The summed E-state index contributed by atoms with van der Waals surface area (Å²) in [6.07, 6.45) is 1.89. The second kappa shape index (κ2) is 6.21. The summed E-state index contributed by atoms with van der Waals surface area (Å²) in [4.78, 5) is 22.7. The Morgan fingerprint density at radius 2 is 2.05 bits per heavy atom. The molecule has 0 atom stereocenters. The fourth-order valence-electron chi connectivity index (χ4n) is 1.84. The molecule has 2 rings (SSSR count). The molecule has 0 saturated heterocycles. The molecule has 1 aromatic rings. The number of nitrogens with two attached hydrogens (primary N) is 1. The average molecular weight is 344 g/mol. The van der Waals surface area contributed by atoms with E-state index in [4.69, 9.17) is 5.73 Å². The van der Waals surface area contributed by atoms with Gasteiger partial charge < -0.3 is 16.4 Å². The summed E-state index contributed by atoms with van der Waals surface area (Å²) in [7, 11) is 0. The monoisotopic (exact) mass is 343 g/mol. The van der Waals surface area contributed by atoms with Gasteiger partial charge in [-0.1, -0.05) is 15.9 Å². The van der Waals surface area contributed by atoms with Crippen LogP contribution in [0.15, 0.2) is 16.6 Å². The van der Waals surface area contributed by atoms with Crippen molar-refractivity contribution >= 4 is 33.4 Å². The summed E-state index contributed by atoms with van der Waals surface area (Å²) in [5, 5.41) is 5.68. The van der Waals surface area contributed by atoms with Crippen molar-refractivity contribution < 1.29 is 14.0 Å². The standard InChI is InChI=1S/C13H15BrFN3O2/c14-8-5-9(15)11(12(16)19)10(6-8)17-3-4-18-13(20)7-1-2-7/h5-7,17H,1-4H2,(H2,16,19)(H,18,20). The molecule has 0 bridgehead atoms. The zero-order chi connectivity index (χ0) is 14.7. The number of hydrogen-bond donors (Lipinski definition) is 3. The van der Waals surface area contributed by atoms with E-state index in [1.54, 1.807) is 6.07 Å². The first-order valence-corrected chi connectivity index (χ1v) is 7.08. The zero-order valence-corrected chi connectivity index (χ0v) is 12.3. The predicted octanol–water partition coefficient (Wildman–Crippen LogP) is 1.63. The van der Waals surface area contributed by atoms with E-state index in [1.165, 1.54) is 6.07 Å². The molecular weight excluding hydrogens is 329 g/mol. The molecule has 2 amide bonds. The van der Waals surface area contributed by atoms with Crippen LogP contribution in [0.2, 0.25) is 0 Å². The number of primary amides is 1. The van der Waals surface area contributed by atoms with Crippen LogP contribution in [0, 0.1) is 11.7 Å². The SMILES string of the molecule is NC(=O)c1c(F)cc(Br)cc1NCCNC(=O)C1CC1. The molecule has 1 aliphatic carbocycles. The first-order valence-electron chi connectivity index (χ1n) is 6.29. The van der Waals surface area contributed by atoms with Crippen LogP contribution in [0.3, 0.4) is 0 Å². The molecule has 1 aliphatic rings. The van der Waals surface area contributed by atoms with Crippen LogP contribution >= 0.6 is 15.9 Å². The Bertz CT molecular complexity index is 547. The summed E-state index contributed by atoms with van der Waals surface area (Å²) < 4.78 is 14.2. The maximum Gasteiger partial charge on any atom is 0.253 e. The van der Waals surface area contributed by atoms with Crippen LogP contribution in [0.25, 0.3) is 0 Å². The van der Waals surface area contributed by atoms with Gasteiger partial charge in [-0.25, -0.2) is 4.39 Å². The maximum atomic E-state index is 13.7. The topological polar surface area (TPSA) is 84.2 Å². The normalized spacial score (nSPS) is 13.9. The van der Waals surface area contributed by atoms with E-state index in [-0.39, 0.29) is 17.4 Å². The summed E-state index contributed by atoms with van der Waals surface area (Å²) in [5.41, 5.74) is 5.29. The highest BCUT2D eigenvalue weighted by molar-refractivity contribution is 9.10. The van der Waals surface area contributed by atoms with E-state index in [2.05, 4.69) is 26.6 Å². The molecule has 1 saturated carbocycles. The van der Waals surface area contributed by atoms with Crippen molar-refractivity contribution in [3.8, 4) is 0 Å². The number of hydrogen-bond acceptors (Lipinski definition) is 3. The number of nitrogens with one attached hydrogen (secondary N) is 2. The van der Waals surface area contributed by atoms with Crippen LogP contribution < -0.4 is 16.4 Å². The number of rotatable bonds is 6. The Morgan fingerprint density at radius 3 is 2.65 bits per heavy atom. The minimum absolute atomic E-state index is 0.0438. The van der Waals surface area contributed by atoms with Gasteiger partial charge in [0.25, 0.3) is 5.91 Å². The van der Waals surface area contributed by atoms with E-state index < -0.39 is 11.7 Å². The Hall–Kier alpha value is -1.63. The summed E-state index contributed by atoms with van der Waals surface area (Å²) in [5.74, 6) is -1.32. The summed E-state index contributed by atoms with van der Waals surface area (Å²) in [6, 6.07) is 2.76. The number of halogens is 2. The van der Waals surface area contributed by atoms with Gasteiger partial charge in [-0.2, -0.15) is 0 Å².